The molecule has 37 heavy (non-hydrogen) atoms. The van der Waals surface area contributed by atoms with Gasteiger partial charge in [0.25, 0.3) is 5.91 Å². The minimum atomic E-state index is 0.0204. The molecule has 0 atom stereocenters. The molecule has 2 aliphatic heterocycles. The molecule has 2 aromatic heterocycles. The molecule has 6 rings (SSSR count). The number of nitrogens with zero attached hydrogens (tertiary/aromatic N) is 3. The van der Waals surface area contributed by atoms with E-state index in [0.29, 0.717) is 31.7 Å². The number of para-hydroxylation sites is 1. The van der Waals surface area contributed by atoms with Gasteiger partial charge in [-0.3, -0.25) is 14.6 Å². The molecule has 186 valence electrons. The fourth-order valence-corrected chi connectivity index (χ4v) is 5.59. The highest BCUT2D eigenvalue weighted by Crippen LogP contribution is 2.32. The molecule has 1 N–H and O–H groups in total. The largest absolute Gasteiger partial charge is 0.361 e. The van der Waals surface area contributed by atoms with Crippen LogP contribution in [-0.4, -0.2) is 44.7 Å². The number of likely N-dealkylation sites (tertiary alicyclic amines) is 1. The first kappa shape index (κ1) is 23.2. The number of carbonyl (C=O) groups excluding carboxylic acids is 2. The SMILES string of the molecule is Cc1ccc(C(=O)N2Cc3ccccc3C2)c(C2CCN(C(=O)C=Cc3c[nH]c4ccccc34)CC2)n1. The monoisotopic (exact) mass is 490 g/mol. The molecule has 0 aliphatic carbocycles. The maximum Gasteiger partial charge on any atom is 0.256 e. The number of aryl methyl sites for hydroxylation is 1. The Morgan fingerprint density at radius 1 is 0.919 bits per heavy atom. The van der Waals surface area contributed by atoms with Crippen LogP contribution >= 0.6 is 0 Å². The first-order chi connectivity index (χ1) is 18.1. The fraction of sp³-hybridized carbons (Fsp3) is 0.258. The second-order valence-corrected chi connectivity index (χ2v) is 10.0. The van der Waals surface area contributed by atoms with Gasteiger partial charge in [-0.15, -0.1) is 0 Å². The van der Waals surface area contributed by atoms with Crippen molar-refractivity contribution in [2.45, 2.75) is 38.8 Å². The summed E-state index contributed by atoms with van der Waals surface area (Å²) in [7, 11) is 0. The molecule has 2 aliphatic rings. The molecule has 6 nitrogen and oxygen atoms in total. The minimum absolute atomic E-state index is 0.0204. The number of pyridine rings is 1. The number of aromatic amines is 1. The number of aromatic nitrogens is 2. The van der Waals surface area contributed by atoms with E-state index in [9.17, 15) is 9.59 Å². The summed E-state index contributed by atoms with van der Waals surface area (Å²) in [6.45, 7) is 4.55. The Bertz CT molecular complexity index is 1490. The lowest BCUT2D eigenvalue weighted by Gasteiger charge is -2.32. The molecule has 1 fully saturated rings. The highest BCUT2D eigenvalue weighted by Gasteiger charge is 2.30. The van der Waals surface area contributed by atoms with Crippen LogP contribution in [-0.2, 0) is 17.9 Å². The van der Waals surface area contributed by atoms with Gasteiger partial charge in [-0.25, -0.2) is 0 Å². The summed E-state index contributed by atoms with van der Waals surface area (Å²) in [5, 5.41) is 1.11. The smallest absolute Gasteiger partial charge is 0.256 e. The van der Waals surface area contributed by atoms with Gasteiger partial charge in [-0.1, -0.05) is 42.5 Å². The zero-order chi connectivity index (χ0) is 25.4. The van der Waals surface area contributed by atoms with Crippen molar-refractivity contribution in [3.8, 4) is 0 Å². The van der Waals surface area contributed by atoms with E-state index in [1.165, 1.54) is 11.1 Å². The van der Waals surface area contributed by atoms with Crippen LogP contribution in [0.15, 0.2) is 72.9 Å². The van der Waals surface area contributed by atoms with Crippen LogP contribution in [0.4, 0.5) is 0 Å². The number of hydrogen-bond donors (Lipinski definition) is 1. The Labute approximate surface area is 216 Å². The van der Waals surface area contributed by atoms with E-state index in [0.717, 1.165) is 40.7 Å². The lowest BCUT2D eigenvalue weighted by molar-refractivity contribution is -0.127. The molecule has 6 heteroatoms. The summed E-state index contributed by atoms with van der Waals surface area (Å²) in [5.74, 6) is 0.219. The third-order valence-corrected chi connectivity index (χ3v) is 7.64. The van der Waals surface area contributed by atoms with Crippen molar-refractivity contribution < 1.29 is 9.59 Å². The first-order valence-corrected chi connectivity index (χ1v) is 12.9. The number of carbonyl (C=O) groups is 2. The van der Waals surface area contributed by atoms with Crippen LogP contribution < -0.4 is 0 Å². The van der Waals surface area contributed by atoms with Crippen molar-refractivity contribution in [1.82, 2.24) is 19.8 Å². The number of benzene rings is 2. The zero-order valence-corrected chi connectivity index (χ0v) is 21.0. The van der Waals surface area contributed by atoms with Crippen molar-refractivity contribution in [3.05, 3.63) is 107 Å². The van der Waals surface area contributed by atoms with E-state index in [2.05, 4.69) is 23.2 Å². The Balaban J connectivity index is 1.14. The normalized spacial score (nSPS) is 16.0. The van der Waals surface area contributed by atoms with Gasteiger partial charge in [-0.05, 0) is 60.7 Å². The first-order valence-electron chi connectivity index (χ1n) is 12.9. The molecule has 1 saturated heterocycles. The summed E-state index contributed by atoms with van der Waals surface area (Å²) in [4.78, 5) is 38.4. The van der Waals surface area contributed by atoms with Crippen molar-refractivity contribution in [1.29, 1.82) is 0 Å². The maximum atomic E-state index is 13.6. The molecule has 0 bridgehead atoms. The van der Waals surface area contributed by atoms with Crippen molar-refractivity contribution in [3.63, 3.8) is 0 Å². The number of piperidine rings is 1. The van der Waals surface area contributed by atoms with Gasteiger partial charge < -0.3 is 14.8 Å². The second-order valence-electron chi connectivity index (χ2n) is 10.0. The predicted octanol–water partition coefficient (Wildman–Crippen LogP) is 5.45. The molecule has 4 heterocycles. The molecule has 0 unspecified atom stereocenters. The average Bonchev–Trinajstić information content (AvgIpc) is 3.56. The van der Waals surface area contributed by atoms with E-state index in [-0.39, 0.29) is 17.7 Å². The molecular formula is C31H30N4O2. The van der Waals surface area contributed by atoms with Crippen LogP contribution in [0, 0.1) is 6.92 Å². The van der Waals surface area contributed by atoms with Crippen molar-refractivity contribution in [2.24, 2.45) is 0 Å². The molecule has 0 radical (unpaired) electrons. The van der Waals surface area contributed by atoms with Crippen LogP contribution in [0.1, 0.15) is 57.2 Å². The van der Waals surface area contributed by atoms with E-state index < -0.39 is 0 Å². The van der Waals surface area contributed by atoms with Gasteiger partial charge in [0.05, 0.1) is 11.3 Å². The van der Waals surface area contributed by atoms with Gasteiger partial charge in [0.15, 0.2) is 0 Å². The topological polar surface area (TPSA) is 69.3 Å². The maximum absolute atomic E-state index is 13.6. The average molecular weight is 491 g/mol. The van der Waals surface area contributed by atoms with E-state index in [1.54, 1.807) is 6.08 Å². The number of amides is 2. The Morgan fingerprint density at radius 3 is 2.38 bits per heavy atom. The quantitative estimate of drug-likeness (QED) is 0.387. The van der Waals surface area contributed by atoms with Gasteiger partial charge >= 0.3 is 0 Å². The lowest BCUT2D eigenvalue weighted by Crippen LogP contribution is -2.37. The van der Waals surface area contributed by atoms with Gasteiger partial charge in [-0.2, -0.15) is 0 Å². The van der Waals surface area contributed by atoms with E-state index in [4.69, 9.17) is 4.98 Å². The summed E-state index contributed by atoms with van der Waals surface area (Å²) in [6, 6.07) is 20.2. The lowest BCUT2D eigenvalue weighted by atomic mass is 9.89. The third-order valence-electron chi connectivity index (χ3n) is 7.64. The van der Waals surface area contributed by atoms with Crippen LogP contribution in [0.25, 0.3) is 17.0 Å². The zero-order valence-electron chi connectivity index (χ0n) is 21.0. The predicted molar refractivity (Wildman–Crippen MR) is 145 cm³/mol. The van der Waals surface area contributed by atoms with E-state index in [1.807, 2.05) is 71.5 Å². The summed E-state index contributed by atoms with van der Waals surface area (Å²) < 4.78 is 0. The number of nitrogens with one attached hydrogen (secondary N) is 1. The van der Waals surface area contributed by atoms with Crippen molar-refractivity contribution >= 4 is 28.8 Å². The number of fused-ring (bicyclic) bond motifs is 2. The molecule has 4 aromatic rings. The third kappa shape index (κ3) is 4.55. The summed E-state index contributed by atoms with van der Waals surface area (Å²) in [6.07, 6.45) is 7.08. The summed E-state index contributed by atoms with van der Waals surface area (Å²) in [5.41, 5.74) is 6.98. The molecule has 2 aromatic carbocycles. The molecular weight excluding hydrogens is 460 g/mol. The Hall–Kier alpha value is -4.19. The van der Waals surface area contributed by atoms with E-state index >= 15 is 0 Å². The number of hydrogen-bond acceptors (Lipinski definition) is 3. The number of H-pyrrole nitrogens is 1. The van der Waals surface area contributed by atoms with Crippen LogP contribution in [0.5, 0.6) is 0 Å². The van der Waals surface area contributed by atoms with Gasteiger partial charge in [0.2, 0.25) is 5.91 Å². The molecule has 2 amide bonds. The highest BCUT2D eigenvalue weighted by atomic mass is 16.2. The minimum Gasteiger partial charge on any atom is -0.361 e. The van der Waals surface area contributed by atoms with Crippen LogP contribution in [0.2, 0.25) is 0 Å². The standard InChI is InChI=1S/C31H30N4O2/c1-21-10-12-27(31(37)35-19-24-6-2-3-7-25(24)20-35)30(33-21)22-14-16-34(17-15-22)29(36)13-11-23-18-32-28-9-5-4-8-26(23)28/h2-13,18,22,32H,14-17,19-20H2,1H3. The summed E-state index contributed by atoms with van der Waals surface area (Å²) >= 11 is 0. The Kier molecular flexibility index (Phi) is 6.08. The molecule has 0 spiro atoms. The Morgan fingerprint density at radius 2 is 1.62 bits per heavy atom. The number of rotatable bonds is 4. The van der Waals surface area contributed by atoms with Gasteiger partial charge in [0.1, 0.15) is 0 Å². The second kappa shape index (κ2) is 9.69. The van der Waals surface area contributed by atoms with Crippen molar-refractivity contribution in [2.75, 3.05) is 13.1 Å². The van der Waals surface area contributed by atoms with Crippen LogP contribution in [0.3, 0.4) is 0 Å². The molecule has 0 saturated carbocycles. The fourth-order valence-electron chi connectivity index (χ4n) is 5.59. The van der Waals surface area contributed by atoms with Gasteiger partial charge in [0, 0.05) is 61.0 Å². The highest BCUT2D eigenvalue weighted by molar-refractivity contribution is 5.97.